The van der Waals surface area contributed by atoms with Gasteiger partial charge in [0, 0.05) is 60.1 Å². The molecular weight excluding hydrogens is 1090 g/mol. The Hall–Kier alpha value is -4.98. The molecule has 0 amide bonds. The van der Waals surface area contributed by atoms with E-state index in [1.807, 2.05) is 11.8 Å². The van der Waals surface area contributed by atoms with Crippen LogP contribution in [-0.2, 0) is 41.5 Å². The van der Waals surface area contributed by atoms with Crippen LogP contribution in [0.15, 0.2) is 136 Å². The van der Waals surface area contributed by atoms with Gasteiger partial charge >= 0.3 is 59.1 Å². The predicted molar refractivity (Wildman–Crippen MR) is 261 cm³/mol. The molecule has 31 heteroatoms. The summed E-state index contributed by atoms with van der Waals surface area (Å²) < 4.78 is 130. The zero-order chi connectivity index (χ0) is 50.3. The van der Waals surface area contributed by atoms with E-state index in [1.54, 1.807) is 47.0 Å². The SMILES string of the molecule is CCN(Cc1cccc(S(=O)(=O)[O-])c1)c1ccc2nc3ccc(Nc4ccc(Nc5nc(Cl)nc(Nc6cccc(P(=O)([O-])[O-])c6)n5)cc4S(=O)(=O)[O-])cc3[n+](-c3ccc(OC)c(S(=O)(=O)[O-])c3)c2c1.[NH4+].[NH4+].[Na+].[Na+]. The average Bonchev–Trinajstić information content (AvgIpc) is 3.29. The summed E-state index contributed by atoms with van der Waals surface area (Å²) in [6, 6.07) is 28.0. The summed E-state index contributed by atoms with van der Waals surface area (Å²) in [7, 11) is -18.9. The van der Waals surface area contributed by atoms with Crippen molar-refractivity contribution in [2.75, 3.05) is 34.5 Å². The number of hydrogen-bond donors (Lipinski definition) is 5. The molecule has 11 N–H and O–H groups in total. The van der Waals surface area contributed by atoms with E-state index >= 15 is 0 Å². The molecule has 8 rings (SSSR count). The average molecular weight is 1130 g/mol. The molecule has 0 aliphatic carbocycles. The van der Waals surface area contributed by atoms with Crippen molar-refractivity contribution in [3.05, 3.63) is 132 Å². The Morgan fingerprint density at radius 2 is 1.24 bits per heavy atom. The van der Waals surface area contributed by atoms with Gasteiger partial charge in [0.25, 0.3) is 0 Å². The van der Waals surface area contributed by atoms with Gasteiger partial charge in [0.05, 0.1) is 22.6 Å². The maximum absolute atomic E-state index is 12.8. The summed E-state index contributed by atoms with van der Waals surface area (Å²) >= 11 is 6.12. The smallest absolute Gasteiger partial charge is 0.807 e. The second-order valence-electron chi connectivity index (χ2n) is 15.1. The van der Waals surface area contributed by atoms with E-state index in [2.05, 4.69) is 30.9 Å². The Morgan fingerprint density at radius 3 is 1.85 bits per heavy atom. The number of nitrogens with one attached hydrogen (secondary N) is 3. The molecule has 0 bridgehead atoms. The molecule has 0 spiro atoms. The Kier molecular flexibility index (Phi) is 20.3. The zero-order valence-corrected chi connectivity index (χ0v) is 48.1. The third kappa shape index (κ3) is 14.3. The minimum absolute atomic E-state index is 0. The van der Waals surface area contributed by atoms with E-state index in [1.165, 1.54) is 61.7 Å². The van der Waals surface area contributed by atoms with Crippen LogP contribution in [0.5, 0.6) is 5.75 Å². The third-order valence-electron chi connectivity index (χ3n) is 10.5. The number of benzene rings is 6. The largest absolute Gasteiger partial charge is 1.00 e. The topological polar surface area (TPSA) is 412 Å². The number of fused-ring (bicyclic) bond motifs is 2. The molecule has 0 aliphatic heterocycles. The second kappa shape index (κ2) is 24.3. The standard InChI is InChI=1S/C43H37ClN9O13PS3.2H3N.2Na/c1-3-52(24-25-6-4-9-32(18-25)68(57,58)59)29-12-16-34-37(22-29)53(30-13-17-38(66-2)40(23-30)70(63,64)65)36-20-27(10-14-33(36)48-34)45-35-15-11-28(21-39(35)69(60,61)62)47-43-50-41(44)49-42(51-43)46-26-7-5-8-31(19-26)67(54,55)56;;;;/h4-23H,3,24H2,1-2H3,(H7,46,47,48,49,50,51,54,55,56,57,58,59,60,61,62,63,64,65);2*1H3;;/q;;;2*+1/p-2. The first kappa shape index (κ1) is 61.6. The number of aromatic nitrogens is 5. The van der Waals surface area contributed by atoms with Gasteiger partial charge in [-0.3, -0.25) is 0 Å². The van der Waals surface area contributed by atoms with Gasteiger partial charge in [0.2, 0.25) is 33.9 Å². The molecule has 24 nitrogen and oxygen atoms in total. The molecule has 74 heavy (non-hydrogen) atoms. The van der Waals surface area contributed by atoms with Crippen molar-refractivity contribution in [1.82, 2.24) is 32.2 Å². The number of methoxy groups -OCH3 is 1. The van der Waals surface area contributed by atoms with Crippen molar-refractivity contribution < 1.29 is 122 Å². The first-order valence-electron chi connectivity index (χ1n) is 20.2. The van der Waals surface area contributed by atoms with Crippen LogP contribution >= 0.6 is 19.2 Å². The molecule has 2 heterocycles. The number of halogens is 1. The van der Waals surface area contributed by atoms with Gasteiger partial charge in [-0.1, -0.05) is 24.3 Å². The number of quaternary nitrogens is 2. The minimum Gasteiger partial charge on any atom is -0.807 e. The fraction of sp³-hybridized carbons (Fsp3) is 0.0930. The van der Waals surface area contributed by atoms with Crippen LogP contribution in [0.1, 0.15) is 12.5 Å². The molecule has 6 aromatic carbocycles. The summed E-state index contributed by atoms with van der Waals surface area (Å²) in [5.74, 6) is -0.642. The summed E-state index contributed by atoms with van der Waals surface area (Å²) in [5, 5.41) is 7.58. The number of rotatable bonds is 16. The number of hydrogen-bond acceptors (Lipinski definition) is 21. The molecule has 0 saturated carbocycles. The third-order valence-corrected chi connectivity index (χ3v) is 14.1. The van der Waals surface area contributed by atoms with Gasteiger partial charge in [-0.05, 0) is 110 Å². The van der Waals surface area contributed by atoms with E-state index in [0.717, 1.165) is 24.3 Å². The van der Waals surface area contributed by atoms with Gasteiger partial charge in [0.15, 0.2) is 0 Å². The molecule has 0 radical (unpaired) electrons. The molecule has 0 fully saturated rings. The van der Waals surface area contributed by atoms with Crippen molar-refractivity contribution in [2.45, 2.75) is 28.2 Å². The Bertz CT molecular complexity index is 3820. The summed E-state index contributed by atoms with van der Waals surface area (Å²) in [5.41, 5.74) is 2.87. The fourth-order valence-electron chi connectivity index (χ4n) is 7.34. The normalized spacial score (nSPS) is 11.6. The Balaban J connectivity index is 0.00000296. The molecule has 0 unspecified atom stereocenters. The molecule has 0 aliphatic rings. The quantitative estimate of drug-likeness (QED) is 0.0249. The monoisotopic (exact) mass is 1130 g/mol. The predicted octanol–water partition coefficient (Wildman–Crippen LogP) is -1.22. The van der Waals surface area contributed by atoms with Gasteiger partial charge in [-0.15, -0.1) is 4.57 Å². The van der Waals surface area contributed by atoms with Gasteiger partial charge in [0.1, 0.15) is 52.0 Å². The van der Waals surface area contributed by atoms with Crippen molar-refractivity contribution in [2.24, 2.45) is 0 Å². The maximum atomic E-state index is 12.8. The molecule has 0 atom stereocenters. The maximum Gasteiger partial charge on any atom is 1.00 e. The van der Waals surface area contributed by atoms with Crippen LogP contribution in [0.4, 0.5) is 40.3 Å². The van der Waals surface area contributed by atoms with E-state index in [4.69, 9.17) is 21.3 Å². The van der Waals surface area contributed by atoms with Crippen LogP contribution in [0, 0.1) is 0 Å². The summed E-state index contributed by atoms with van der Waals surface area (Å²) in [4.78, 5) is 40.1. The van der Waals surface area contributed by atoms with Crippen molar-refractivity contribution in [1.29, 1.82) is 0 Å². The number of anilines is 7. The number of nitrogens with zero attached hydrogens (tertiary/aromatic N) is 6. The Morgan fingerprint density at radius 1 is 0.649 bits per heavy atom. The number of ether oxygens (including phenoxy) is 1. The van der Waals surface area contributed by atoms with Crippen LogP contribution in [0.3, 0.4) is 0 Å². The molecular formula is C43H41ClN11Na2O13PS3. The molecule has 378 valence electrons. The van der Waals surface area contributed by atoms with E-state index < -0.39 is 57.9 Å². The molecule has 0 saturated heterocycles. The fourth-order valence-corrected chi connectivity index (χ4v) is 9.93. The van der Waals surface area contributed by atoms with Gasteiger partial charge in [-0.25, -0.2) is 30.2 Å². The van der Waals surface area contributed by atoms with Crippen LogP contribution in [0.2, 0.25) is 5.28 Å². The van der Waals surface area contributed by atoms with Crippen LogP contribution in [0.25, 0.3) is 27.8 Å². The minimum atomic E-state index is -5.22. The van der Waals surface area contributed by atoms with E-state index in [9.17, 15) is 53.3 Å². The second-order valence-corrected chi connectivity index (χ2v) is 21.0. The van der Waals surface area contributed by atoms with Crippen molar-refractivity contribution in [3.63, 3.8) is 0 Å². The zero-order valence-electron chi connectivity index (χ0n) is 40.0. The Labute approximate surface area is 473 Å². The summed E-state index contributed by atoms with van der Waals surface area (Å²) in [6.07, 6.45) is 0. The van der Waals surface area contributed by atoms with Crippen molar-refractivity contribution >= 4 is 117 Å². The van der Waals surface area contributed by atoms with E-state index in [0.29, 0.717) is 39.9 Å². The first-order valence-corrected chi connectivity index (χ1v) is 26.3. The van der Waals surface area contributed by atoms with Gasteiger partial charge in [-0.2, -0.15) is 15.0 Å². The first-order chi connectivity index (χ1) is 33.0. The van der Waals surface area contributed by atoms with Crippen molar-refractivity contribution in [3.8, 4) is 11.4 Å². The van der Waals surface area contributed by atoms with Crippen LogP contribution in [-0.4, -0.2) is 72.5 Å². The summed E-state index contributed by atoms with van der Waals surface area (Å²) in [6.45, 7) is 2.41. The molecule has 8 aromatic rings. The molecule has 2 aromatic heterocycles. The van der Waals surface area contributed by atoms with E-state index in [-0.39, 0.29) is 129 Å². The van der Waals surface area contributed by atoms with Crippen LogP contribution < -0.4 is 117 Å². The van der Waals surface area contributed by atoms with Gasteiger partial charge < -0.3 is 65.9 Å².